The van der Waals surface area contributed by atoms with Crippen molar-refractivity contribution in [2.24, 2.45) is 5.92 Å². The third kappa shape index (κ3) is 2.52. The molecule has 5 heteroatoms. The van der Waals surface area contributed by atoms with Gasteiger partial charge in [0.15, 0.2) is 0 Å². The quantitative estimate of drug-likeness (QED) is 0.813. The standard InChI is InChI=1S/C15H16ClN3O/c16-8-15-18-13-2-1-12(9-17)7-14(13)19(15)5-3-11-4-6-20-10-11/h1-2,7,11H,3-6,8,10H2. The van der Waals surface area contributed by atoms with Gasteiger partial charge in [-0.3, -0.25) is 0 Å². The SMILES string of the molecule is N#Cc1ccc2nc(CCl)n(CCC3CCOC3)c2c1. The van der Waals surface area contributed by atoms with E-state index < -0.39 is 0 Å². The summed E-state index contributed by atoms with van der Waals surface area (Å²) >= 11 is 6.00. The Morgan fingerprint density at radius 2 is 2.40 bits per heavy atom. The Balaban J connectivity index is 1.91. The van der Waals surface area contributed by atoms with Gasteiger partial charge >= 0.3 is 0 Å². The average Bonchev–Trinajstić information content (AvgIpc) is 3.11. The largest absolute Gasteiger partial charge is 0.381 e. The summed E-state index contributed by atoms with van der Waals surface area (Å²) in [5.74, 6) is 1.88. The van der Waals surface area contributed by atoms with Gasteiger partial charge in [0.1, 0.15) is 5.82 Å². The highest BCUT2D eigenvalue weighted by Gasteiger charge is 2.17. The van der Waals surface area contributed by atoms with Gasteiger partial charge in [-0.2, -0.15) is 5.26 Å². The van der Waals surface area contributed by atoms with Crippen LogP contribution in [0.5, 0.6) is 0 Å². The number of hydrogen-bond acceptors (Lipinski definition) is 3. The number of aromatic nitrogens is 2. The van der Waals surface area contributed by atoms with Crippen LogP contribution in [-0.4, -0.2) is 22.8 Å². The number of nitrogens with zero attached hydrogens (tertiary/aromatic N) is 3. The summed E-state index contributed by atoms with van der Waals surface area (Å²) < 4.78 is 7.55. The average molecular weight is 290 g/mol. The molecule has 0 aliphatic carbocycles. The molecule has 1 aliphatic rings. The molecule has 0 amide bonds. The van der Waals surface area contributed by atoms with E-state index in [9.17, 15) is 0 Å². The summed E-state index contributed by atoms with van der Waals surface area (Å²) in [5.41, 5.74) is 2.56. The molecule has 1 saturated heterocycles. The van der Waals surface area contributed by atoms with Crippen molar-refractivity contribution >= 4 is 22.6 Å². The minimum Gasteiger partial charge on any atom is -0.381 e. The van der Waals surface area contributed by atoms with Crippen molar-refractivity contribution in [3.05, 3.63) is 29.6 Å². The molecule has 0 N–H and O–H groups in total. The normalized spacial score (nSPS) is 18.5. The second-order valence-corrected chi connectivity index (χ2v) is 5.41. The van der Waals surface area contributed by atoms with Crippen LogP contribution in [0.3, 0.4) is 0 Å². The van der Waals surface area contributed by atoms with Crippen molar-refractivity contribution in [2.45, 2.75) is 25.3 Å². The summed E-state index contributed by atoms with van der Waals surface area (Å²) in [5, 5.41) is 9.03. The van der Waals surface area contributed by atoms with E-state index in [1.165, 1.54) is 0 Å². The molecule has 1 aromatic heterocycles. The maximum absolute atomic E-state index is 9.03. The lowest BCUT2D eigenvalue weighted by molar-refractivity contribution is 0.183. The Bertz CT molecular complexity index is 653. The predicted octanol–water partition coefficient (Wildman–Crippen LogP) is 3.07. The van der Waals surface area contributed by atoms with E-state index in [0.717, 1.165) is 49.5 Å². The first-order valence-corrected chi connectivity index (χ1v) is 7.38. The number of rotatable bonds is 4. The first-order valence-electron chi connectivity index (χ1n) is 6.85. The van der Waals surface area contributed by atoms with Crippen molar-refractivity contribution in [1.82, 2.24) is 9.55 Å². The van der Waals surface area contributed by atoms with Crippen LogP contribution < -0.4 is 0 Å². The summed E-state index contributed by atoms with van der Waals surface area (Å²) in [7, 11) is 0. The highest BCUT2D eigenvalue weighted by Crippen LogP contribution is 2.23. The number of nitriles is 1. The molecule has 1 aliphatic heterocycles. The van der Waals surface area contributed by atoms with E-state index in [4.69, 9.17) is 21.6 Å². The van der Waals surface area contributed by atoms with Gasteiger partial charge < -0.3 is 9.30 Å². The minimum absolute atomic E-state index is 0.387. The maximum Gasteiger partial charge on any atom is 0.124 e. The molecule has 1 aromatic carbocycles. The van der Waals surface area contributed by atoms with Crippen molar-refractivity contribution in [2.75, 3.05) is 13.2 Å². The number of benzene rings is 1. The lowest BCUT2D eigenvalue weighted by Gasteiger charge is -2.11. The smallest absolute Gasteiger partial charge is 0.124 e. The fourth-order valence-corrected chi connectivity index (χ4v) is 2.92. The molecule has 20 heavy (non-hydrogen) atoms. The van der Waals surface area contributed by atoms with Crippen LogP contribution in [0.4, 0.5) is 0 Å². The number of imidazole rings is 1. The van der Waals surface area contributed by atoms with Crippen LogP contribution in [0.1, 0.15) is 24.2 Å². The molecular weight excluding hydrogens is 274 g/mol. The number of fused-ring (bicyclic) bond motifs is 1. The molecule has 1 fully saturated rings. The summed E-state index contributed by atoms with van der Waals surface area (Å²) in [6.07, 6.45) is 2.19. The molecule has 0 saturated carbocycles. The van der Waals surface area contributed by atoms with Crippen molar-refractivity contribution < 1.29 is 4.74 Å². The first kappa shape index (κ1) is 13.4. The van der Waals surface area contributed by atoms with Gasteiger partial charge in [0.2, 0.25) is 0 Å². The summed E-state index contributed by atoms with van der Waals surface area (Å²) in [6, 6.07) is 7.75. The van der Waals surface area contributed by atoms with Gasteiger partial charge in [-0.1, -0.05) is 0 Å². The summed E-state index contributed by atoms with van der Waals surface area (Å²) in [4.78, 5) is 4.54. The lowest BCUT2D eigenvalue weighted by Crippen LogP contribution is -2.08. The predicted molar refractivity (Wildman–Crippen MR) is 77.5 cm³/mol. The molecule has 2 aromatic rings. The Morgan fingerprint density at radius 1 is 1.50 bits per heavy atom. The molecule has 1 atom stereocenters. The van der Waals surface area contributed by atoms with Crippen LogP contribution in [0.2, 0.25) is 0 Å². The van der Waals surface area contributed by atoms with Crippen LogP contribution in [0.25, 0.3) is 11.0 Å². The summed E-state index contributed by atoms with van der Waals surface area (Å²) in [6.45, 7) is 2.60. The second-order valence-electron chi connectivity index (χ2n) is 5.15. The van der Waals surface area contributed by atoms with Gasteiger partial charge in [-0.05, 0) is 37.0 Å². The van der Waals surface area contributed by atoms with Crippen molar-refractivity contribution in [3.63, 3.8) is 0 Å². The van der Waals surface area contributed by atoms with E-state index >= 15 is 0 Å². The molecule has 4 nitrogen and oxygen atoms in total. The zero-order valence-electron chi connectivity index (χ0n) is 11.2. The first-order chi connectivity index (χ1) is 9.81. The molecule has 3 rings (SSSR count). The fourth-order valence-electron chi connectivity index (χ4n) is 2.72. The minimum atomic E-state index is 0.387. The second kappa shape index (κ2) is 5.82. The van der Waals surface area contributed by atoms with E-state index in [1.807, 2.05) is 12.1 Å². The van der Waals surface area contributed by atoms with Crippen molar-refractivity contribution in [3.8, 4) is 6.07 Å². The van der Waals surface area contributed by atoms with Gasteiger partial charge in [0.05, 0.1) is 28.5 Å². The number of alkyl halides is 1. The van der Waals surface area contributed by atoms with Crippen molar-refractivity contribution in [1.29, 1.82) is 5.26 Å². The van der Waals surface area contributed by atoms with Crippen LogP contribution in [0.15, 0.2) is 18.2 Å². The van der Waals surface area contributed by atoms with Crippen LogP contribution in [-0.2, 0) is 17.2 Å². The molecule has 1 unspecified atom stereocenters. The van der Waals surface area contributed by atoms with Gasteiger partial charge in [-0.25, -0.2) is 4.98 Å². The maximum atomic E-state index is 9.03. The zero-order valence-corrected chi connectivity index (χ0v) is 11.9. The third-order valence-electron chi connectivity index (χ3n) is 3.86. The van der Waals surface area contributed by atoms with E-state index in [-0.39, 0.29) is 0 Å². The van der Waals surface area contributed by atoms with E-state index in [1.54, 1.807) is 6.07 Å². The monoisotopic (exact) mass is 289 g/mol. The topological polar surface area (TPSA) is 50.8 Å². The van der Waals surface area contributed by atoms with Gasteiger partial charge in [-0.15, -0.1) is 11.6 Å². The number of ether oxygens (including phenoxy) is 1. The van der Waals surface area contributed by atoms with Gasteiger partial charge in [0.25, 0.3) is 0 Å². The highest BCUT2D eigenvalue weighted by atomic mass is 35.5. The third-order valence-corrected chi connectivity index (χ3v) is 4.10. The van der Waals surface area contributed by atoms with Crippen LogP contribution >= 0.6 is 11.6 Å². The van der Waals surface area contributed by atoms with E-state index in [0.29, 0.717) is 17.4 Å². The van der Waals surface area contributed by atoms with Crippen LogP contribution in [0, 0.1) is 17.2 Å². The number of hydrogen-bond donors (Lipinski definition) is 0. The lowest BCUT2D eigenvalue weighted by atomic mass is 10.1. The molecule has 0 radical (unpaired) electrons. The Hall–Kier alpha value is -1.57. The molecule has 104 valence electrons. The molecular formula is C15H16ClN3O. The van der Waals surface area contributed by atoms with Gasteiger partial charge in [0, 0.05) is 19.8 Å². The van der Waals surface area contributed by atoms with E-state index in [2.05, 4.69) is 15.6 Å². The Labute approximate surface area is 122 Å². The Morgan fingerprint density at radius 3 is 3.10 bits per heavy atom. The zero-order chi connectivity index (χ0) is 13.9. The number of halogens is 1. The molecule has 0 bridgehead atoms. The highest BCUT2D eigenvalue weighted by molar-refractivity contribution is 6.16. The number of aryl methyl sites for hydroxylation is 1. The molecule has 0 spiro atoms. The molecule has 2 heterocycles. The fraction of sp³-hybridized carbons (Fsp3) is 0.467. The Kier molecular flexibility index (Phi) is 3.90.